The smallest absolute Gasteiger partial charge is 0.125 e. The maximum absolute atomic E-state index is 8.82. The molecule has 2 rings (SSSR count). The normalized spacial score (nSPS) is 9.90. The highest BCUT2D eigenvalue weighted by Gasteiger charge is 2.07. The Morgan fingerprint density at radius 3 is 2.38 bits per heavy atom. The fraction of sp³-hybridized carbons (Fsp3) is 0.263. The van der Waals surface area contributed by atoms with Gasteiger partial charge in [-0.05, 0) is 38.0 Å². The number of benzene rings is 2. The van der Waals surface area contributed by atoms with Gasteiger partial charge in [-0.2, -0.15) is 0 Å². The molecule has 2 aromatic rings. The molecule has 0 bridgehead atoms. The Kier molecular flexibility index (Phi) is 5.03. The monoisotopic (exact) mass is 280 g/mol. The molecule has 21 heavy (non-hydrogen) atoms. The summed E-state index contributed by atoms with van der Waals surface area (Å²) in [6.07, 6.45) is 0. The lowest BCUT2D eigenvalue weighted by molar-refractivity contribution is 0.301. The molecule has 0 aliphatic rings. The molecule has 0 atom stereocenters. The molecule has 0 saturated heterocycles. The second-order valence-corrected chi connectivity index (χ2v) is 5.13. The van der Waals surface area contributed by atoms with Gasteiger partial charge in [-0.25, -0.2) is 0 Å². The van der Waals surface area contributed by atoms with Gasteiger partial charge < -0.3 is 9.84 Å². The molecule has 0 aromatic heterocycles. The number of aliphatic hydroxyl groups excluding tert-OH is 1. The molecule has 2 aromatic carbocycles. The Balaban J connectivity index is 2.21. The van der Waals surface area contributed by atoms with Crippen molar-refractivity contribution in [3.05, 3.63) is 64.2 Å². The average Bonchev–Trinajstić information content (AvgIpc) is 2.45. The third-order valence-corrected chi connectivity index (χ3v) is 3.30. The number of hydrogen-bond donors (Lipinski definition) is 1. The largest absolute Gasteiger partial charge is 0.488 e. The Bertz CT molecular complexity index is 667. The molecule has 0 unspecified atom stereocenters. The Hall–Kier alpha value is -2.24. The van der Waals surface area contributed by atoms with E-state index >= 15 is 0 Å². The molecule has 0 aliphatic carbocycles. The molecular formula is C19H20O2. The highest BCUT2D eigenvalue weighted by Crippen LogP contribution is 2.25. The van der Waals surface area contributed by atoms with Crippen LogP contribution in [-0.2, 0) is 6.61 Å². The van der Waals surface area contributed by atoms with Crippen LogP contribution in [0.4, 0.5) is 0 Å². The summed E-state index contributed by atoms with van der Waals surface area (Å²) in [6, 6.07) is 12.1. The van der Waals surface area contributed by atoms with Gasteiger partial charge in [0.1, 0.15) is 19.0 Å². The Morgan fingerprint density at radius 1 is 1.05 bits per heavy atom. The van der Waals surface area contributed by atoms with Crippen LogP contribution in [0.5, 0.6) is 5.75 Å². The summed E-state index contributed by atoms with van der Waals surface area (Å²) in [4.78, 5) is 0. The van der Waals surface area contributed by atoms with Crippen LogP contribution < -0.4 is 4.74 Å². The number of aryl methyl sites for hydroxylation is 3. The van der Waals surface area contributed by atoms with Gasteiger partial charge in [0.15, 0.2) is 0 Å². The van der Waals surface area contributed by atoms with Gasteiger partial charge in [0.05, 0.1) is 0 Å². The first-order valence-corrected chi connectivity index (χ1v) is 7.00. The molecular weight excluding hydrogens is 260 g/mol. The summed E-state index contributed by atoms with van der Waals surface area (Å²) in [5.74, 6) is 6.58. The Morgan fingerprint density at radius 2 is 1.71 bits per heavy atom. The molecule has 0 amide bonds. The van der Waals surface area contributed by atoms with Crippen molar-refractivity contribution in [2.24, 2.45) is 0 Å². The van der Waals surface area contributed by atoms with Crippen molar-refractivity contribution in [1.82, 2.24) is 0 Å². The van der Waals surface area contributed by atoms with E-state index in [1.54, 1.807) is 0 Å². The maximum atomic E-state index is 8.82. The zero-order chi connectivity index (χ0) is 15.2. The van der Waals surface area contributed by atoms with Crippen molar-refractivity contribution in [2.45, 2.75) is 27.4 Å². The van der Waals surface area contributed by atoms with Crippen LogP contribution in [0.15, 0.2) is 36.4 Å². The molecule has 0 fully saturated rings. The minimum Gasteiger partial charge on any atom is -0.488 e. The Labute approximate surface area is 126 Å². The predicted molar refractivity (Wildman–Crippen MR) is 85.4 cm³/mol. The lowest BCUT2D eigenvalue weighted by Crippen LogP contribution is -2.01. The van der Waals surface area contributed by atoms with Crippen molar-refractivity contribution >= 4 is 0 Å². The fourth-order valence-electron chi connectivity index (χ4n) is 2.45. The van der Waals surface area contributed by atoms with Crippen LogP contribution in [0.2, 0.25) is 0 Å². The van der Waals surface area contributed by atoms with Gasteiger partial charge >= 0.3 is 0 Å². The molecule has 0 heterocycles. The van der Waals surface area contributed by atoms with E-state index in [1.165, 1.54) is 5.56 Å². The molecule has 0 radical (unpaired) electrons. The van der Waals surface area contributed by atoms with E-state index < -0.39 is 0 Å². The lowest BCUT2D eigenvalue weighted by atomic mass is 10.1. The molecule has 108 valence electrons. The van der Waals surface area contributed by atoms with E-state index in [4.69, 9.17) is 9.84 Å². The molecule has 2 heteroatoms. The molecule has 1 N–H and O–H groups in total. The van der Waals surface area contributed by atoms with Gasteiger partial charge in [-0.1, -0.05) is 47.7 Å². The number of aliphatic hydroxyl groups is 1. The SMILES string of the molecule is Cc1cc(C)c(OCc2ccccc2C#CCO)c(C)c1. The van der Waals surface area contributed by atoms with Gasteiger partial charge in [-0.3, -0.25) is 0 Å². The summed E-state index contributed by atoms with van der Waals surface area (Å²) in [5, 5.41) is 8.82. The number of ether oxygens (including phenoxy) is 1. The van der Waals surface area contributed by atoms with Crippen LogP contribution in [0.1, 0.15) is 27.8 Å². The van der Waals surface area contributed by atoms with Gasteiger partial charge in [-0.15, -0.1) is 0 Å². The number of rotatable bonds is 3. The van der Waals surface area contributed by atoms with Crippen LogP contribution in [0.25, 0.3) is 0 Å². The lowest BCUT2D eigenvalue weighted by Gasteiger charge is -2.14. The summed E-state index contributed by atoms with van der Waals surface area (Å²) >= 11 is 0. The fourth-order valence-corrected chi connectivity index (χ4v) is 2.45. The van der Waals surface area contributed by atoms with Gasteiger partial charge in [0.25, 0.3) is 0 Å². The zero-order valence-electron chi connectivity index (χ0n) is 12.7. The van der Waals surface area contributed by atoms with E-state index in [-0.39, 0.29) is 6.61 Å². The van der Waals surface area contributed by atoms with Crippen LogP contribution in [0.3, 0.4) is 0 Å². The summed E-state index contributed by atoms with van der Waals surface area (Å²) in [7, 11) is 0. The molecule has 0 aliphatic heterocycles. The summed E-state index contributed by atoms with van der Waals surface area (Å²) in [5.41, 5.74) is 5.45. The van der Waals surface area contributed by atoms with Gasteiger partial charge in [0, 0.05) is 11.1 Å². The minimum atomic E-state index is -0.134. The quantitative estimate of drug-likeness (QED) is 0.871. The predicted octanol–water partition coefficient (Wildman–Crippen LogP) is 3.53. The van der Waals surface area contributed by atoms with E-state index in [2.05, 4.69) is 44.7 Å². The molecule has 0 saturated carbocycles. The van der Waals surface area contributed by atoms with Crippen molar-refractivity contribution in [3.8, 4) is 17.6 Å². The van der Waals surface area contributed by atoms with Crippen molar-refractivity contribution in [1.29, 1.82) is 0 Å². The topological polar surface area (TPSA) is 29.5 Å². The minimum absolute atomic E-state index is 0.134. The zero-order valence-corrected chi connectivity index (χ0v) is 12.7. The van der Waals surface area contributed by atoms with E-state index in [9.17, 15) is 0 Å². The second kappa shape index (κ2) is 6.97. The molecule has 0 spiro atoms. The summed E-state index contributed by atoms with van der Waals surface area (Å²) < 4.78 is 6.00. The third kappa shape index (κ3) is 3.87. The van der Waals surface area contributed by atoms with E-state index in [0.29, 0.717) is 6.61 Å². The standard InChI is InChI=1S/C19H20O2/c1-14-11-15(2)19(16(3)12-14)21-13-18-8-5-4-7-17(18)9-6-10-20/h4-5,7-8,11-12,20H,10,13H2,1-3H3. The summed E-state index contributed by atoms with van der Waals surface area (Å²) in [6.45, 7) is 6.55. The highest BCUT2D eigenvalue weighted by atomic mass is 16.5. The second-order valence-electron chi connectivity index (χ2n) is 5.13. The first-order chi connectivity index (χ1) is 10.1. The van der Waals surface area contributed by atoms with Crippen LogP contribution in [-0.4, -0.2) is 11.7 Å². The maximum Gasteiger partial charge on any atom is 0.125 e. The molecule has 2 nitrogen and oxygen atoms in total. The van der Waals surface area contributed by atoms with Gasteiger partial charge in [0.2, 0.25) is 0 Å². The van der Waals surface area contributed by atoms with Crippen molar-refractivity contribution in [2.75, 3.05) is 6.61 Å². The van der Waals surface area contributed by atoms with Crippen LogP contribution in [0, 0.1) is 32.6 Å². The van der Waals surface area contributed by atoms with Crippen LogP contribution >= 0.6 is 0 Å². The number of hydrogen-bond acceptors (Lipinski definition) is 2. The first-order valence-electron chi connectivity index (χ1n) is 7.00. The first kappa shape index (κ1) is 15.2. The van der Waals surface area contributed by atoms with E-state index in [1.807, 2.05) is 24.3 Å². The highest BCUT2D eigenvalue weighted by molar-refractivity contribution is 5.44. The third-order valence-electron chi connectivity index (χ3n) is 3.30. The average molecular weight is 280 g/mol. The van der Waals surface area contributed by atoms with Crippen molar-refractivity contribution in [3.63, 3.8) is 0 Å². The van der Waals surface area contributed by atoms with E-state index in [0.717, 1.165) is 28.0 Å². The van der Waals surface area contributed by atoms with Crippen molar-refractivity contribution < 1.29 is 9.84 Å².